The van der Waals surface area contributed by atoms with Crippen LogP contribution in [-0.2, 0) is 26.1 Å². The number of carbonyl (C=O) groups is 1. The lowest BCUT2D eigenvalue weighted by Gasteiger charge is -2.31. The standard InChI is InChI=1S/C25H28F3NO6S/c1-5-14-35-24(30)29(36(31,32)23-12-6-18(2)7-13-23)21(15-19(3)25(26,27)28)17-34-16-20-8-10-22(33-4)11-9-20/h5-13,21H,1,3,14-17H2,2,4H3/t21-/m0/s1. The zero-order valence-corrected chi connectivity index (χ0v) is 20.8. The summed E-state index contributed by atoms with van der Waals surface area (Å²) >= 11 is 0. The number of hydrogen-bond donors (Lipinski definition) is 0. The van der Waals surface area contributed by atoms with Crippen LogP contribution in [0.1, 0.15) is 17.5 Å². The van der Waals surface area contributed by atoms with Crippen molar-refractivity contribution in [1.29, 1.82) is 0 Å². The number of amides is 1. The minimum absolute atomic E-state index is 0.0564. The van der Waals surface area contributed by atoms with Gasteiger partial charge in [-0.1, -0.05) is 49.1 Å². The molecule has 196 valence electrons. The van der Waals surface area contributed by atoms with E-state index in [-0.39, 0.29) is 22.4 Å². The first-order valence-electron chi connectivity index (χ1n) is 10.7. The van der Waals surface area contributed by atoms with Crippen molar-refractivity contribution >= 4 is 16.1 Å². The number of hydrogen-bond acceptors (Lipinski definition) is 6. The number of methoxy groups -OCH3 is 1. The highest BCUT2D eigenvalue weighted by Gasteiger charge is 2.41. The van der Waals surface area contributed by atoms with E-state index in [1.165, 1.54) is 37.5 Å². The topological polar surface area (TPSA) is 82.1 Å². The average molecular weight is 528 g/mol. The molecular formula is C25H28F3NO6S. The number of ether oxygens (including phenoxy) is 3. The number of rotatable bonds is 12. The Morgan fingerprint density at radius 1 is 1.11 bits per heavy atom. The average Bonchev–Trinajstić information content (AvgIpc) is 2.82. The Bertz CT molecular complexity index is 1150. The molecule has 0 radical (unpaired) electrons. The lowest BCUT2D eigenvalue weighted by Crippen LogP contribution is -2.47. The van der Waals surface area contributed by atoms with Crippen LogP contribution in [0.25, 0.3) is 0 Å². The fraction of sp³-hybridized carbons (Fsp3) is 0.320. The molecule has 0 aliphatic rings. The molecule has 0 N–H and O–H groups in total. The number of aryl methyl sites for hydroxylation is 1. The Morgan fingerprint density at radius 2 is 1.72 bits per heavy atom. The predicted octanol–water partition coefficient (Wildman–Crippen LogP) is 5.41. The highest BCUT2D eigenvalue weighted by atomic mass is 32.2. The van der Waals surface area contributed by atoms with Crippen LogP contribution in [0.4, 0.5) is 18.0 Å². The summed E-state index contributed by atoms with van der Waals surface area (Å²) in [4.78, 5) is 12.6. The van der Waals surface area contributed by atoms with Crippen LogP contribution in [0, 0.1) is 6.92 Å². The third-order valence-electron chi connectivity index (χ3n) is 5.03. The molecule has 1 amide bonds. The van der Waals surface area contributed by atoms with E-state index in [1.807, 2.05) is 0 Å². The fourth-order valence-corrected chi connectivity index (χ4v) is 4.59. The Kier molecular flexibility index (Phi) is 10.1. The molecule has 0 heterocycles. The first-order chi connectivity index (χ1) is 16.9. The van der Waals surface area contributed by atoms with Crippen molar-refractivity contribution in [3.63, 3.8) is 0 Å². The molecule has 1 atom stereocenters. The Morgan fingerprint density at radius 3 is 2.25 bits per heavy atom. The number of sulfonamides is 1. The summed E-state index contributed by atoms with van der Waals surface area (Å²) in [6, 6.07) is 10.6. The van der Waals surface area contributed by atoms with Crippen molar-refractivity contribution in [2.75, 3.05) is 20.3 Å². The van der Waals surface area contributed by atoms with Crippen molar-refractivity contribution in [2.24, 2.45) is 0 Å². The zero-order chi connectivity index (χ0) is 26.9. The molecule has 0 fully saturated rings. The minimum atomic E-state index is -4.81. The number of halogens is 3. The van der Waals surface area contributed by atoms with Gasteiger partial charge in [0.15, 0.2) is 0 Å². The molecule has 2 aromatic carbocycles. The van der Waals surface area contributed by atoms with Crippen LogP contribution in [0.5, 0.6) is 5.75 Å². The van der Waals surface area contributed by atoms with Crippen LogP contribution >= 0.6 is 0 Å². The number of carbonyl (C=O) groups excluding carboxylic acids is 1. The van der Waals surface area contributed by atoms with Gasteiger partial charge in [-0.15, -0.1) is 0 Å². The molecule has 0 saturated carbocycles. The summed E-state index contributed by atoms with van der Waals surface area (Å²) in [5, 5.41) is 0. The Balaban J connectivity index is 2.42. The number of alkyl halides is 3. The van der Waals surface area contributed by atoms with Gasteiger partial charge in [0.05, 0.1) is 31.3 Å². The highest BCUT2D eigenvalue weighted by molar-refractivity contribution is 7.89. The Hall–Kier alpha value is -3.31. The first kappa shape index (κ1) is 28.9. The monoisotopic (exact) mass is 527 g/mol. The lowest BCUT2D eigenvalue weighted by molar-refractivity contribution is -0.0957. The maximum absolute atomic E-state index is 13.4. The Labute approximate surface area is 208 Å². The van der Waals surface area contributed by atoms with Gasteiger partial charge >= 0.3 is 12.3 Å². The van der Waals surface area contributed by atoms with E-state index >= 15 is 0 Å². The molecule has 0 aliphatic heterocycles. The van der Waals surface area contributed by atoms with Crippen LogP contribution in [-0.4, -0.2) is 51.4 Å². The first-order valence-corrected chi connectivity index (χ1v) is 12.2. The summed E-state index contributed by atoms with van der Waals surface area (Å²) in [5.41, 5.74) is 0.187. The zero-order valence-electron chi connectivity index (χ0n) is 20.0. The third-order valence-corrected chi connectivity index (χ3v) is 6.87. The van der Waals surface area contributed by atoms with Crippen LogP contribution in [0.15, 0.2) is 78.2 Å². The predicted molar refractivity (Wildman–Crippen MR) is 128 cm³/mol. The van der Waals surface area contributed by atoms with E-state index < -0.39 is 46.9 Å². The van der Waals surface area contributed by atoms with E-state index in [1.54, 1.807) is 31.2 Å². The maximum Gasteiger partial charge on any atom is 0.424 e. The highest BCUT2D eigenvalue weighted by Crippen LogP contribution is 2.31. The van der Waals surface area contributed by atoms with Gasteiger partial charge in [-0.2, -0.15) is 17.5 Å². The van der Waals surface area contributed by atoms with E-state index in [2.05, 4.69) is 13.2 Å². The van der Waals surface area contributed by atoms with Gasteiger partial charge in [0.25, 0.3) is 10.0 Å². The summed E-state index contributed by atoms with van der Waals surface area (Å²) < 4.78 is 82.8. The van der Waals surface area contributed by atoms with Crippen molar-refractivity contribution < 1.29 is 40.6 Å². The second kappa shape index (κ2) is 12.6. The molecule has 0 aliphatic carbocycles. The molecule has 0 spiro atoms. The maximum atomic E-state index is 13.4. The van der Waals surface area contributed by atoms with Gasteiger partial charge in [0, 0.05) is 12.0 Å². The molecule has 7 nitrogen and oxygen atoms in total. The van der Waals surface area contributed by atoms with Gasteiger partial charge in [-0.05, 0) is 36.8 Å². The molecule has 0 unspecified atom stereocenters. The summed E-state index contributed by atoms with van der Waals surface area (Å²) in [6.45, 7) is 7.22. The van der Waals surface area contributed by atoms with Crippen molar-refractivity contribution in [1.82, 2.24) is 4.31 Å². The molecule has 0 saturated heterocycles. The van der Waals surface area contributed by atoms with E-state index in [0.717, 1.165) is 5.56 Å². The molecule has 0 aromatic heterocycles. The van der Waals surface area contributed by atoms with Crippen LogP contribution < -0.4 is 4.74 Å². The third kappa shape index (κ3) is 7.85. The van der Waals surface area contributed by atoms with E-state index in [9.17, 15) is 26.4 Å². The molecule has 2 aromatic rings. The summed E-state index contributed by atoms with van der Waals surface area (Å²) in [7, 11) is -3.12. The summed E-state index contributed by atoms with van der Waals surface area (Å²) in [5.74, 6) is 0.596. The van der Waals surface area contributed by atoms with Gasteiger partial charge in [-0.25, -0.2) is 13.2 Å². The van der Waals surface area contributed by atoms with E-state index in [4.69, 9.17) is 14.2 Å². The number of nitrogens with zero attached hydrogens (tertiary/aromatic N) is 1. The molecule has 2 rings (SSSR count). The lowest BCUT2D eigenvalue weighted by atomic mass is 10.1. The van der Waals surface area contributed by atoms with Gasteiger partial charge in [0.1, 0.15) is 12.4 Å². The van der Waals surface area contributed by atoms with Crippen molar-refractivity contribution in [3.05, 3.63) is 84.5 Å². The van der Waals surface area contributed by atoms with Gasteiger partial charge in [0.2, 0.25) is 0 Å². The second-order valence-electron chi connectivity index (χ2n) is 7.80. The second-order valence-corrected chi connectivity index (χ2v) is 9.62. The largest absolute Gasteiger partial charge is 0.497 e. The SMILES string of the molecule is C=CCOC(=O)N([C@H](COCc1ccc(OC)cc1)CC(=C)C(F)(F)F)S(=O)(=O)c1ccc(C)cc1. The molecule has 11 heteroatoms. The van der Waals surface area contributed by atoms with Gasteiger partial charge in [-0.3, -0.25) is 0 Å². The van der Waals surface area contributed by atoms with Gasteiger partial charge < -0.3 is 14.2 Å². The quantitative estimate of drug-likeness (QED) is 0.343. The van der Waals surface area contributed by atoms with Crippen molar-refractivity contribution in [3.8, 4) is 5.75 Å². The van der Waals surface area contributed by atoms with Crippen LogP contribution in [0.2, 0.25) is 0 Å². The smallest absolute Gasteiger partial charge is 0.424 e. The van der Waals surface area contributed by atoms with Crippen molar-refractivity contribution in [2.45, 2.75) is 37.1 Å². The molecular weight excluding hydrogens is 499 g/mol. The van der Waals surface area contributed by atoms with E-state index in [0.29, 0.717) is 11.3 Å². The fourth-order valence-electron chi connectivity index (χ4n) is 3.11. The minimum Gasteiger partial charge on any atom is -0.497 e. The number of benzene rings is 2. The molecule has 36 heavy (non-hydrogen) atoms. The molecule has 0 bridgehead atoms. The summed E-state index contributed by atoms with van der Waals surface area (Å²) in [6.07, 6.45) is -5.87. The normalized spacial score (nSPS) is 12.5. The van der Waals surface area contributed by atoms with Crippen LogP contribution in [0.3, 0.4) is 0 Å².